The van der Waals surface area contributed by atoms with Crippen LogP contribution >= 0.6 is 0 Å². The molecule has 38 heavy (non-hydrogen) atoms. The number of halogens is 3. The Morgan fingerprint density at radius 1 is 1.21 bits per heavy atom. The Balaban J connectivity index is 1.53. The van der Waals surface area contributed by atoms with Crippen LogP contribution in [-0.4, -0.2) is 47.4 Å². The summed E-state index contributed by atoms with van der Waals surface area (Å²) in [5, 5.41) is 0. The highest BCUT2D eigenvalue weighted by molar-refractivity contribution is 5.63. The second-order valence-electron chi connectivity index (χ2n) is 9.54. The lowest BCUT2D eigenvalue weighted by molar-refractivity contribution is -0.0399. The molecule has 2 fully saturated rings. The van der Waals surface area contributed by atoms with Gasteiger partial charge in [-0.05, 0) is 66.8 Å². The van der Waals surface area contributed by atoms with E-state index in [0.717, 1.165) is 47.5 Å². The minimum absolute atomic E-state index is 0.0402. The predicted octanol–water partition coefficient (Wildman–Crippen LogP) is 4.78. The molecule has 0 amide bonds. The Labute approximate surface area is 218 Å². The van der Waals surface area contributed by atoms with Crippen LogP contribution in [0.5, 0.6) is 5.75 Å². The summed E-state index contributed by atoms with van der Waals surface area (Å²) in [6.07, 6.45) is 6.36. The zero-order valence-corrected chi connectivity index (χ0v) is 21.2. The molecule has 2 N–H and O–H groups in total. The summed E-state index contributed by atoms with van der Waals surface area (Å²) in [5.74, 6) is 2.18. The van der Waals surface area contributed by atoms with Crippen LogP contribution in [0, 0.1) is 24.4 Å². The number of rotatable bonds is 6. The van der Waals surface area contributed by atoms with E-state index in [1.54, 1.807) is 13.4 Å². The van der Waals surface area contributed by atoms with E-state index in [0.29, 0.717) is 18.0 Å². The van der Waals surface area contributed by atoms with Gasteiger partial charge in [-0.25, -0.2) is 24.1 Å². The van der Waals surface area contributed by atoms with Gasteiger partial charge in [0.15, 0.2) is 17.5 Å². The Bertz CT molecular complexity index is 1380. The normalized spacial score (nSPS) is 22.9. The third-order valence-electron chi connectivity index (χ3n) is 7.31. The zero-order chi connectivity index (χ0) is 27.0. The second kappa shape index (κ2) is 10.3. The quantitative estimate of drug-likeness (QED) is 0.368. The number of benzene rings is 2. The summed E-state index contributed by atoms with van der Waals surface area (Å²) < 4.78 is 55.8. The van der Waals surface area contributed by atoms with Crippen molar-refractivity contribution in [1.29, 1.82) is 0 Å². The molecule has 2 aliphatic heterocycles. The summed E-state index contributed by atoms with van der Waals surface area (Å²) in [6, 6.07) is 7.80. The molecule has 3 heterocycles. The number of methoxy groups -OCH3 is 1. The van der Waals surface area contributed by atoms with Crippen molar-refractivity contribution in [3.63, 3.8) is 0 Å². The van der Waals surface area contributed by atoms with Crippen molar-refractivity contribution in [2.45, 2.75) is 31.4 Å². The smallest absolute Gasteiger partial charge is 0.194 e. The lowest BCUT2D eigenvalue weighted by Gasteiger charge is -2.48. The van der Waals surface area contributed by atoms with E-state index in [2.05, 4.69) is 11.6 Å². The van der Waals surface area contributed by atoms with Crippen LogP contribution in [0.4, 0.5) is 13.2 Å². The van der Waals surface area contributed by atoms with Crippen LogP contribution < -0.4 is 10.6 Å². The second-order valence-corrected chi connectivity index (χ2v) is 9.54. The first kappa shape index (κ1) is 26.0. The molecular formula is C28H29F3N4O3. The summed E-state index contributed by atoms with van der Waals surface area (Å²) >= 11 is 0. The lowest BCUT2D eigenvalue weighted by atomic mass is 9.81. The third kappa shape index (κ3) is 4.38. The van der Waals surface area contributed by atoms with E-state index in [9.17, 15) is 13.2 Å². The molecule has 0 bridgehead atoms. The number of allylic oxidation sites excluding steroid dienone is 1. The molecule has 1 aromatic heterocycles. The fourth-order valence-electron chi connectivity index (χ4n) is 5.41. The number of nitrogens with zero attached hydrogens (tertiary/aromatic N) is 3. The molecule has 1 unspecified atom stereocenters. The highest BCUT2D eigenvalue weighted by Crippen LogP contribution is 2.45. The van der Waals surface area contributed by atoms with Crippen LogP contribution in [0.2, 0.25) is 0 Å². The number of piperidine rings is 1. The number of hydrogen-bond donors (Lipinski definition) is 1. The average molecular weight is 527 g/mol. The molecule has 2 atom stereocenters. The van der Waals surface area contributed by atoms with Crippen molar-refractivity contribution in [3.05, 3.63) is 95.0 Å². The standard InChI is InChI=1S/C28H29F3N4O3/c1-17-13-34(16-33-17)24-7-6-19(10-25(24)36-3)9-20-5-4-8-35(18(20)2)28(15-37-14-26(28)38-32)21-11-22(29)27(31)23(30)12-21/h6-7,9-13,16,26H,2,4-5,8,14-15,32H2,1,3H3/b20-9+/t26?,28-/m0/s1. The molecule has 7 nitrogen and oxygen atoms in total. The molecule has 10 heteroatoms. The first-order valence-corrected chi connectivity index (χ1v) is 12.2. The van der Waals surface area contributed by atoms with E-state index < -0.39 is 29.1 Å². The van der Waals surface area contributed by atoms with Gasteiger partial charge in [0.05, 0.1) is 38.0 Å². The largest absolute Gasteiger partial charge is 0.495 e. The zero-order valence-electron chi connectivity index (χ0n) is 21.2. The van der Waals surface area contributed by atoms with Crippen molar-refractivity contribution in [1.82, 2.24) is 14.5 Å². The maximum Gasteiger partial charge on any atom is 0.194 e. The van der Waals surface area contributed by atoms with Gasteiger partial charge in [0, 0.05) is 18.4 Å². The molecule has 200 valence electrons. The fraction of sp³-hybridized carbons (Fsp3) is 0.321. The van der Waals surface area contributed by atoms with Crippen LogP contribution in [-0.2, 0) is 15.1 Å². The molecule has 5 rings (SSSR count). The van der Waals surface area contributed by atoms with Gasteiger partial charge in [-0.3, -0.25) is 4.84 Å². The first-order chi connectivity index (χ1) is 18.3. The summed E-state index contributed by atoms with van der Waals surface area (Å²) in [4.78, 5) is 11.4. The first-order valence-electron chi connectivity index (χ1n) is 12.2. The monoisotopic (exact) mass is 526 g/mol. The SMILES string of the molecule is C=C1/C(=C/c2ccc(-n3cnc(C)c3)c(OC)c2)CCCN1[C@]1(c2cc(F)c(F)c(F)c2)COCC1ON. The number of likely N-dealkylation sites (tertiary alicyclic amines) is 1. The Kier molecular flexibility index (Phi) is 7.04. The molecule has 0 spiro atoms. The van der Waals surface area contributed by atoms with Gasteiger partial charge in [-0.2, -0.15) is 0 Å². The highest BCUT2D eigenvalue weighted by atomic mass is 19.2. The summed E-state index contributed by atoms with van der Waals surface area (Å²) in [5.41, 5.74) is 3.18. The number of aromatic nitrogens is 2. The molecule has 3 aromatic rings. The number of imidazole rings is 1. The predicted molar refractivity (Wildman–Crippen MR) is 136 cm³/mol. The lowest BCUT2D eigenvalue weighted by Crippen LogP contribution is -2.56. The maximum atomic E-state index is 14.4. The molecule has 0 saturated carbocycles. The van der Waals surface area contributed by atoms with Crippen molar-refractivity contribution in [3.8, 4) is 11.4 Å². The van der Waals surface area contributed by atoms with Gasteiger partial charge in [0.25, 0.3) is 0 Å². The molecule has 2 aliphatic rings. The van der Waals surface area contributed by atoms with Gasteiger partial charge < -0.3 is 18.9 Å². The van der Waals surface area contributed by atoms with Gasteiger partial charge in [-0.1, -0.05) is 12.6 Å². The van der Waals surface area contributed by atoms with Crippen molar-refractivity contribution >= 4 is 6.08 Å². The minimum Gasteiger partial charge on any atom is -0.495 e. The molecule has 0 radical (unpaired) electrons. The molecular weight excluding hydrogens is 497 g/mol. The molecule has 2 aromatic carbocycles. The fourth-order valence-corrected chi connectivity index (χ4v) is 5.41. The van der Waals surface area contributed by atoms with Crippen LogP contribution in [0.3, 0.4) is 0 Å². The Hall–Kier alpha value is -3.60. The van der Waals surface area contributed by atoms with E-state index in [1.165, 1.54) is 0 Å². The number of ether oxygens (including phenoxy) is 2. The molecule has 0 aliphatic carbocycles. The highest BCUT2D eigenvalue weighted by Gasteiger charge is 2.53. The van der Waals surface area contributed by atoms with Crippen molar-refractivity contribution in [2.75, 3.05) is 26.9 Å². The van der Waals surface area contributed by atoms with Gasteiger partial charge in [-0.15, -0.1) is 0 Å². The average Bonchev–Trinajstić information content (AvgIpc) is 3.54. The van der Waals surface area contributed by atoms with Crippen molar-refractivity contribution < 1.29 is 27.5 Å². The van der Waals surface area contributed by atoms with Crippen LogP contribution in [0.25, 0.3) is 11.8 Å². The topological polar surface area (TPSA) is 74.8 Å². The van der Waals surface area contributed by atoms with Crippen LogP contribution in [0.1, 0.15) is 29.7 Å². The Morgan fingerprint density at radius 3 is 2.63 bits per heavy atom. The van der Waals surface area contributed by atoms with Crippen LogP contribution in [0.15, 0.2) is 60.7 Å². The number of nitrogens with two attached hydrogens (primary N) is 1. The maximum absolute atomic E-state index is 14.4. The van der Waals surface area contributed by atoms with E-state index in [1.807, 2.05) is 46.9 Å². The van der Waals surface area contributed by atoms with E-state index in [-0.39, 0.29) is 18.8 Å². The van der Waals surface area contributed by atoms with Gasteiger partial charge in [0.2, 0.25) is 0 Å². The van der Waals surface area contributed by atoms with E-state index >= 15 is 0 Å². The van der Waals surface area contributed by atoms with Gasteiger partial charge >= 0.3 is 0 Å². The number of aryl methyl sites for hydroxylation is 1. The van der Waals surface area contributed by atoms with E-state index in [4.69, 9.17) is 20.2 Å². The molecule has 2 saturated heterocycles. The van der Waals surface area contributed by atoms with Crippen molar-refractivity contribution in [2.24, 2.45) is 5.90 Å². The Morgan fingerprint density at radius 2 is 1.97 bits per heavy atom. The van der Waals surface area contributed by atoms with Gasteiger partial charge in [0.1, 0.15) is 17.4 Å². The minimum atomic E-state index is -1.53. The summed E-state index contributed by atoms with van der Waals surface area (Å²) in [6.45, 7) is 6.91. The summed E-state index contributed by atoms with van der Waals surface area (Å²) in [7, 11) is 1.61. The third-order valence-corrected chi connectivity index (χ3v) is 7.31. The number of hydrogen-bond acceptors (Lipinski definition) is 6.